The molecule has 1 heterocycles. The molecule has 0 aliphatic heterocycles. The molecule has 14 heavy (non-hydrogen) atoms. The van der Waals surface area contributed by atoms with E-state index in [0.717, 1.165) is 5.69 Å². The second kappa shape index (κ2) is 4.37. The Kier molecular flexibility index (Phi) is 3.41. The van der Waals surface area contributed by atoms with Crippen LogP contribution in [0.4, 0.5) is 0 Å². The number of ether oxygens (including phenoxy) is 1. The Morgan fingerprint density at radius 2 is 2.21 bits per heavy atom. The summed E-state index contributed by atoms with van der Waals surface area (Å²) in [6.07, 6.45) is 1.75. The first-order valence-corrected chi connectivity index (χ1v) is 4.84. The molecule has 0 aromatic carbocycles. The van der Waals surface area contributed by atoms with Crippen LogP contribution in [0, 0.1) is 6.92 Å². The van der Waals surface area contributed by atoms with Gasteiger partial charge in [0.1, 0.15) is 10.7 Å². The number of aryl methyl sites for hydroxylation is 1. The molecule has 0 unspecified atom stereocenters. The number of thiocarbonyl (C=S) groups is 1. The van der Waals surface area contributed by atoms with Crippen LogP contribution in [0.3, 0.4) is 0 Å². The van der Waals surface area contributed by atoms with Gasteiger partial charge >= 0.3 is 0 Å². The van der Waals surface area contributed by atoms with E-state index < -0.39 is 0 Å². The van der Waals surface area contributed by atoms with Crippen molar-refractivity contribution in [2.24, 2.45) is 5.73 Å². The van der Waals surface area contributed by atoms with Gasteiger partial charge in [0.2, 0.25) is 0 Å². The number of rotatable bonds is 3. The Bertz CT molecular complexity index is 350. The van der Waals surface area contributed by atoms with Gasteiger partial charge in [-0.15, -0.1) is 0 Å². The van der Waals surface area contributed by atoms with Crippen molar-refractivity contribution in [3.05, 3.63) is 23.5 Å². The summed E-state index contributed by atoms with van der Waals surface area (Å²) in [4.78, 5) is 4.43. The molecule has 0 aliphatic carbocycles. The van der Waals surface area contributed by atoms with Crippen LogP contribution in [0.25, 0.3) is 0 Å². The van der Waals surface area contributed by atoms with Gasteiger partial charge < -0.3 is 10.5 Å². The van der Waals surface area contributed by atoms with Gasteiger partial charge in [0, 0.05) is 18.0 Å². The van der Waals surface area contributed by atoms with Gasteiger partial charge in [0.05, 0.1) is 11.7 Å². The van der Waals surface area contributed by atoms with Crippen LogP contribution < -0.4 is 10.5 Å². The zero-order chi connectivity index (χ0) is 10.7. The van der Waals surface area contributed by atoms with Gasteiger partial charge in [0.25, 0.3) is 0 Å². The second-order valence-corrected chi connectivity index (χ2v) is 3.79. The average Bonchev–Trinajstić information content (AvgIpc) is 2.01. The Labute approximate surface area is 89.3 Å². The second-order valence-electron chi connectivity index (χ2n) is 3.35. The maximum atomic E-state index is 5.58. The fourth-order valence-electron chi connectivity index (χ4n) is 1.07. The van der Waals surface area contributed by atoms with E-state index in [1.807, 2.05) is 26.8 Å². The summed E-state index contributed by atoms with van der Waals surface area (Å²) < 4.78 is 5.58. The van der Waals surface area contributed by atoms with Crippen molar-refractivity contribution in [3.8, 4) is 5.75 Å². The highest BCUT2D eigenvalue weighted by atomic mass is 32.1. The van der Waals surface area contributed by atoms with Crippen molar-refractivity contribution in [2.45, 2.75) is 26.9 Å². The number of nitrogens with two attached hydrogens (primary N) is 1. The van der Waals surface area contributed by atoms with Crippen molar-refractivity contribution in [1.82, 2.24) is 4.98 Å². The summed E-state index contributed by atoms with van der Waals surface area (Å²) in [7, 11) is 0. The van der Waals surface area contributed by atoms with Gasteiger partial charge in [-0.05, 0) is 20.8 Å². The summed E-state index contributed by atoms with van der Waals surface area (Å²) >= 11 is 4.90. The third-order valence-corrected chi connectivity index (χ3v) is 1.85. The lowest BCUT2D eigenvalue weighted by Gasteiger charge is -2.13. The molecule has 1 aromatic heterocycles. The van der Waals surface area contributed by atoms with Crippen LogP contribution in [0.15, 0.2) is 12.3 Å². The molecule has 0 atom stereocenters. The maximum Gasteiger partial charge on any atom is 0.133 e. The molecule has 3 nitrogen and oxygen atoms in total. The van der Waals surface area contributed by atoms with Crippen LogP contribution in [0.5, 0.6) is 5.75 Å². The molecule has 0 amide bonds. The monoisotopic (exact) mass is 210 g/mol. The molecule has 0 bridgehead atoms. The molecular formula is C10H14N2OS. The van der Waals surface area contributed by atoms with Crippen molar-refractivity contribution < 1.29 is 4.74 Å². The summed E-state index contributed by atoms with van der Waals surface area (Å²) in [5, 5.41) is 0. The number of hydrogen-bond donors (Lipinski definition) is 1. The van der Waals surface area contributed by atoms with Gasteiger partial charge in [-0.2, -0.15) is 0 Å². The molecule has 1 rings (SSSR count). The number of pyridine rings is 1. The first-order chi connectivity index (χ1) is 6.50. The van der Waals surface area contributed by atoms with Crippen molar-refractivity contribution >= 4 is 17.2 Å². The highest BCUT2D eigenvalue weighted by Crippen LogP contribution is 2.19. The SMILES string of the molecule is Cc1cc(OC(C)C)c(C(N)=S)cn1. The standard InChI is InChI=1S/C10H14N2OS/c1-6(2)13-9-4-7(3)12-5-8(9)10(11)14/h4-6H,1-3H3,(H2,11,14). The molecule has 1 aromatic rings. The Morgan fingerprint density at radius 3 is 2.71 bits per heavy atom. The van der Waals surface area contributed by atoms with Crippen LogP contribution in [0.1, 0.15) is 25.1 Å². The molecule has 76 valence electrons. The predicted octanol–water partition coefficient (Wildman–Crippen LogP) is 1.81. The van der Waals surface area contributed by atoms with E-state index in [1.54, 1.807) is 6.20 Å². The Hall–Kier alpha value is -1.16. The highest BCUT2D eigenvalue weighted by molar-refractivity contribution is 7.80. The average molecular weight is 210 g/mol. The summed E-state index contributed by atoms with van der Waals surface area (Å²) in [5.41, 5.74) is 7.14. The van der Waals surface area contributed by atoms with Gasteiger partial charge in [-0.3, -0.25) is 4.98 Å². The van der Waals surface area contributed by atoms with E-state index >= 15 is 0 Å². The van der Waals surface area contributed by atoms with E-state index in [2.05, 4.69) is 4.98 Å². The first-order valence-electron chi connectivity index (χ1n) is 4.44. The van der Waals surface area contributed by atoms with Crippen molar-refractivity contribution in [1.29, 1.82) is 0 Å². The summed E-state index contributed by atoms with van der Waals surface area (Å²) in [6.45, 7) is 5.81. The third kappa shape index (κ3) is 2.67. The topological polar surface area (TPSA) is 48.1 Å². The fourth-order valence-corrected chi connectivity index (χ4v) is 1.22. The lowest BCUT2D eigenvalue weighted by Crippen LogP contribution is -2.15. The number of nitrogens with zero attached hydrogens (tertiary/aromatic N) is 1. The largest absolute Gasteiger partial charge is 0.490 e. The van der Waals surface area contributed by atoms with Crippen LogP contribution >= 0.6 is 12.2 Å². The minimum atomic E-state index is 0.102. The predicted molar refractivity (Wildman–Crippen MR) is 60.6 cm³/mol. The van der Waals surface area contributed by atoms with Gasteiger partial charge in [-0.1, -0.05) is 12.2 Å². The molecule has 2 N–H and O–H groups in total. The van der Waals surface area contributed by atoms with Crippen LogP contribution in [-0.4, -0.2) is 16.1 Å². The normalized spacial score (nSPS) is 10.3. The van der Waals surface area contributed by atoms with E-state index in [0.29, 0.717) is 16.3 Å². The minimum absolute atomic E-state index is 0.102. The Morgan fingerprint density at radius 1 is 1.57 bits per heavy atom. The minimum Gasteiger partial charge on any atom is -0.490 e. The zero-order valence-corrected chi connectivity index (χ0v) is 9.39. The summed E-state index contributed by atoms with van der Waals surface area (Å²) in [5.74, 6) is 0.708. The maximum absolute atomic E-state index is 5.58. The smallest absolute Gasteiger partial charge is 0.133 e. The van der Waals surface area contributed by atoms with E-state index in [-0.39, 0.29) is 6.10 Å². The Balaban J connectivity index is 3.09. The zero-order valence-electron chi connectivity index (χ0n) is 8.57. The third-order valence-electron chi connectivity index (χ3n) is 1.63. The van der Waals surface area contributed by atoms with E-state index in [4.69, 9.17) is 22.7 Å². The number of hydrogen-bond acceptors (Lipinski definition) is 3. The van der Waals surface area contributed by atoms with Crippen LogP contribution in [-0.2, 0) is 0 Å². The lowest BCUT2D eigenvalue weighted by atomic mass is 10.2. The van der Waals surface area contributed by atoms with Crippen LogP contribution in [0.2, 0.25) is 0 Å². The summed E-state index contributed by atoms with van der Waals surface area (Å²) in [6, 6.07) is 1.84. The van der Waals surface area contributed by atoms with Crippen molar-refractivity contribution in [3.63, 3.8) is 0 Å². The molecule has 0 saturated carbocycles. The molecule has 0 radical (unpaired) electrons. The number of aromatic nitrogens is 1. The molecule has 0 aliphatic rings. The molecule has 0 fully saturated rings. The highest BCUT2D eigenvalue weighted by Gasteiger charge is 2.08. The van der Waals surface area contributed by atoms with E-state index in [1.165, 1.54) is 0 Å². The van der Waals surface area contributed by atoms with Crippen molar-refractivity contribution in [2.75, 3.05) is 0 Å². The molecule has 4 heteroatoms. The quantitative estimate of drug-likeness (QED) is 0.773. The van der Waals surface area contributed by atoms with E-state index in [9.17, 15) is 0 Å². The van der Waals surface area contributed by atoms with Gasteiger partial charge in [-0.25, -0.2) is 0 Å². The fraction of sp³-hybridized carbons (Fsp3) is 0.400. The molecular weight excluding hydrogens is 196 g/mol. The lowest BCUT2D eigenvalue weighted by molar-refractivity contribution is 0.241. The first kappa shape index (κ1) is 10.9. The van der Waals surface area contributed by atoms with Gasteiger partial charge in [0.15, 0.2) is 0 Å². The molecule has 0 spiro atoms. The molecule has 0 saturated heterocycles.